The van der Waals surface area contributed by atoms with Crippen molar-refractivity contribution in [2.24, 2.45) is 0 Å². The normalized spacial score (nSPS) is 27.5. The Morgan fingerprint density at radius 2 is 2.38 bits per heavy atom. The Hall–Kier alpha value is -1.38. The Bertz CT molecular complexity index is 634. The van der Waals surface area contributed by atoms with Crippen LogP contribution in [0.1, 0.15) is 17.7 Å². The summed E-state index contributed by atoms with van der Waals surface area (Å²) in [4.78, 5) is 20.3. The van der Waals surface area contributed by atoms with Gasteiger partial charge < -0.3 is 14.5 Å². The van der Waals surface area contributed by atoms with E-state index in [-0.39, 0.29) is 23.0 Å². The molecule has 4 rings (SSSR count). The van der Waals surface area contributed by atoms with E-state index in [1.807, 2.05) is 4.90 Å². The molecule has 0 radical (unpaired) electrons. The molecule has 7 nitrogen and oxygen atoms in total. The van der Waals surface area contributed by atoms with E-state index in [2.05, 4.69) is 9.88 Å². The van der Waals surface area contributed by atoms with Gasteiger partial charge in [-0.2, -0.15) is 0 Å². The highest BCUT2D eigenvalue weighted by molar-refractivity contribution is 7.15. The molecule has 1 aromatic rings. The average molecular weight is 329 g/mol. The van der Waals surface area contributed by atoms with Crippen LogP contribution < -0.4 is 0 Å². The molecule has 21 heavy (non-hydrogen) atoms. The lowest BCUT2D eigenvalue weighted by Crippen LogP contribution is -2.41. The molecule has 0 saturated carbocycles. The van der Waals surface area contributed by atoms with Gasteiger partial charge in [0, 0.05) is 24.2 Å². The lowest BCUT2D eigenvalue weighted by Gasteiger charge is -2.32. The maximum atomic E-state index is 11.5. The molecule has 3 aliphatic rings. The number of nitrogens with zero attached hydrogens (tertiary/aromatic N) is 4. The van der Waals surface area contributed by atoms with E-state index in [4.69, 9.17) is 16.3 Å². The van der Waals surface area contributed by atoms with E-state index >= 15 is 0 Å². The molecule has 2 saturated heterocycles. The first-order chi connectivity index (χ1) is 10.1. The Kier molecular flexibility index (Phi) is 3.05. The van der Waals surface area contributed by atoms with Gasteiger partial charge in [0.25, 0.3) is 0 Å². The molecule has 2 unspecified atom stereocenters. The van der Waals surface area contributed by atoms with Crippen molar-refractivity contribution in [3.05, 3.63) is 37.2 Å². The number of aromatic nitrogens is 1. The first-order valence-electron chi connectivity index (χ1n) is 6.79. The second kappa shape index (κ2) is 4.82. The fourth-order valence-corrected chi connectivity index (χ4v) is 4.30. The zero-order valence-electron chi connectivity index (χ0n) is 11.1. The van der Waals surface area contributed by atoms with Crippen LogP contribution in [0.4, 0.5) is 0 Å². The third kappa shape index (κ3) is 2.09. The van der Waals surface area contributed by atoms with Gasteiger partial charge in [-0.15, -0.1) is 11.3 Å². The molecule has 0 spiro atoms. The van der Waals surface area contributed by atoms with Crippen LogP contribution in [0.3, 0.4) is 0 Å². The second-order valence-electron chi connectivity index (χ2n) is 5.32. The number of hydrogen-bond acceptors (Lipinski definition) is 7. The van der Waals surface area contributed by atoms with Crippen molar-refractivity contribution in [1.29, 1.82) is 0 Å². The van der Waals surface area contributed by atoms with Crippen LogP contribution in [-0.2, 0) is 11.3 Å². The molecule has 9 heteroatoms. The van der Waals surface area contributed by atoms with Gasteiger partial charge >= 0.3 is 5.70 Å². The van der Waals surface area contributed by atoms with Crippen molar-refractivity contribution < 1.29 is 9.66 Å². The summed E-state index contributed by atoms with van der Waals surface area (Å²) in [6.45, 7) is 2.12. The highest BCUT2D eigenvalue weighted by atomic mass is 35.5. The first kappa shape index (κ1) is 13.3. The molecule has 2 bridgehead atoms. The van der Waals surface area contributed by atoms with Gasteiger partial charge in [-0.25, -0.2) is 4.98 Å². The number of nitro groups is 1. The standard InChI is InChI=1S/C12H13ClN4O3S/c13-12-14-5-7(21-12)6-15-3-4-16-9-2-1-8(20-9)10(11(15)16)17(18)19/h5,8-9H,1-4,6H2. The summed E-state index contributed by atoms with van der Waals surface area (Å²) in [6, 6.07) is 0. The molecule has 1 aromatic heterocycles. The average Bonchev–Trinajstić information content (AvgIpc) is 3.13. The van der Waals surface area contributed by atoms with Gasteiger partial charge in [-0.3, -0.25) is 10.1 Å². The van der Waals surface area contributed by atoms with Gasteiger partial charge in [0.2, 0.25) is 0 Å². The number of halogens is 1. The van der Waals surface area contributed by atoms with Crippen LogP contribution in [0, 0.1) is 10.1 Å². The molecule has 4 heterocycles. The molecule has 3 aliphatic heterocycles. The zero-order valence-corrected chi connectivity index (χ0v) is 12.6. The number of fused-ring (bicyclic) bond motifs is 4. The monoisotopic (exact) mass is 328 g/mol. The summed E-state index contributed by atoms with van der Waals surface area (Å²) in [5.74, 6) is 0.725. The predicted molar refractivity (Wildman–Crippen MR) is 76.2 cm³/mol. The summed E-state index contributed by atoms with van der Waals surface area (Å²) >= 11 is 7.27. The lowest BCUT2D eigenvalue weighted by molar-refractivity contribution is -0.443. The van der Waals surface area contributed by atoms with E-state index < -0.39 is 0 Å². The SMILES string of the molecule is O=[N+]([O-])C1=C2N(Cc3cnc(Cl)s3)CCN2C2CCC1O2. The predicted octanol–water partition coefficient (Wildman–Crippen LogP) is 1.88. The van der Waals surface area contributed by atoms with Gasteiger partial charge in [0.1, 0.15) is 6.23 Å². The highest BCUT2D eigenvalue weighted by Crippen LogP contribution is 2.41. The summed E-state index contributed by atoms with van der Waals surface area (Å²) < 4.78 is 6.25. The van der Waals surface area contributed by atoms with Crippen molar-refractivity contribution in [3.63, 3.8) is 0 Å². The van der Waals surface area contributed by atoms with Crippen molar-refractivity contribution in [1.82, 2.24) is 14.8 Å². The van der Waals surface area contributed by atoms with Crippen molar-refractivity contribution in [2.75, 3.05) is 13.1 Å². The van der Waals surface area contributed by atoms with Crippen LogP contribution in [0.25, 0.3) is 0 Å². The summed E-state index contributed by atoms with van der Waals surface area (Å²) in [6.07, 6.45) is 2.92. The Balaban J connectivity index is 1.69. The maximum Gasteiger partial charge on any atom is 0.314 e. The summed E-state index contributed by atoms with van der Waals surface area (Å²) in [5.41, 5.74) is 0.205. The third-order valence-electron chi connectivity index (χ3n) is 4.13. The molecule has 2 atom stereocenters. The lowest BCUT2D eigenvalue weighted by atomic mass is 10.2. The molecule has 112 valence electrons. The summed E-state index contributed by atoms with van der Waals surface area (Å²) in [5, 5.41) is 11.5. The number of rotatable bonds is 3. The molecular formula is C12H13ClN4O3S. The van der Waals surface area contributed by atoms with Crippen LogP contribution >= 0.6 is 22.9 Å². The van der Waals surface area contributed by atoms with Crippen molar-refractivity contribution in [2.45, 2.75) is 31.7 Å². The van der Waals surface area contributed by atoms with Gasteiger partial charge in [0.15, 0.2) is 16.4 Å². The Labute approximate surface area is 129 Å². The maximum absolute atomic E-state index is 11.5. The fourth-order valence-electron chi connectivity index (χ4n) is 3.30. The smallest absolute Gasteiger partial charge is 0.314 e. The van der Waals surface area contributed by atoms with Gasteiger partial charge in [0.05, 0.1) is 11.5 Å². The molecular weight excluding hydrogens is 316 g/mol. The number of thiazole rings is 1. The van der Waals surface area contributed by atoms with Gasteiger partial charge in [-0.05, 0) is 12.8 Å². The number of ether oxygens (including phenoxy) is 1. The van der Waals surface area contributed by atoms with Crippen molar-refractivity contribution >= 4 is 22.9 Å². The van der Waals surface area contributed by atoms with E-state index in [0.717, 1.165) is 36.6 Å². The quantitative estimate of drug-likeness (QED) is 0.623. The van der Waals surface area contributed by atoms with E-state index in [1.165, 1.54) is 11.3 Å². The van der Waals surface area contributed by atoms with Gasteiger partial charge in [-0.1, -0.05) is 11.6 Å². The van der Waals surface area contributed by atoms with Crippen LogP contribution in [-0.4, -0.2) is 45.1 Å². The topological polar surface area (TPSA) is 71.7 Å². The van der Waals surface area contributed by atoms with E-state index in [9.17, 15) is 10.1 Å². The molecule has 2 fully saturated rings. The Morgan fingerprint density at radius 3 is 3.10 bits per heavy atom. The Morgan fingerprint density at radius 1 is 1.52 bits per heavy atom. The van der Waals surface area contributed by atoms with E-state index in [1.54, 1.807) is 6.20 Å². The molecule has 0 aromatic carbocycles. The summed E-state index contributed by atoms with van der Waals surface area (Å²) in [7, 11) is 0. The van der Waals surface area contributed by atoms with Crippen molar-refractivity contribution in [3.8, 4) is 0 Å². The highest BCUT2D eigenvalue weighted by Gasteiger charge is 2.50. The minimum Gasteiger partial charge on any atom is -0.346 e. The molecule has 0 N–H and O–H groups in total. The van der Waals surface area contributed by atoms with Crippen LogP contribution in [0.5, 0.6) is 0 Å². The second-order valence-corrected chi connectivity index (χ2v) is 7.01. The third-order valence-corrected chi connectivity index (χ3v) is 5.23. The molecule has 0 aliphatic carbocycles. The zero-order chi connectivity index (χ0) is 14.6. The first-order valence-corrected chi connectivity index (χ1v) is 7.99. The fraction of sp³-hybridized carbons (Fsp3) is 0.583. The van der Waals surface area contributed by atoms with Crippen LogP contribution in [0.15, 0.2) is 17.7 Å². The minimum atomic E-state index is -0.373. The van der Waals surface area contributed by atoms with E-state index in [0.29, 0.717) is 11.0 Å². The molecule has 0 amide bonds. The van der Waals surface area contributed by atoms with Crippen LogP contribution in [0.2, 0.25) is 4.47 Å². The largest absolute Gasteiger partial charge is 0.346 e. The minimum absolute atomic E-state index is 0.0104. The number of hydrogen-bond donors (Lipinski definition) is 0.